The van der Waals surface area contributed by atoms with Crippen LogP contribution in [-0.2, 0) is 13.6 Å². The van der Waals surface area contributed by atoms with Gasteiger partial charge in [0.15, 0.2) is 0 Å². The van der Waals surface area contributed by atoms with Gasteiger partial charge < -0.3 is 9.47 Å². The van der Waals surface area contributed by atoms with E-state index in [1.54, 1.807) is 18.0 Å². The molecule has 0 spiro atoms. The standard InChI is InChI=1S/C17H20N6O/c1-22-7-3-4-16(22)14-9-15(21-20-14)17(24)23(2)10-12-8-13(19-18-12)11-5-6-11/h3-4,7-9,11H,5-6,10H2,1-2H3,(H,18,19)(H,20,21). The van der Waals surface area contributed by atoms with E-state index in [4.69, 9.17) is 0 Å². The van der Waals surface area contributed by atoms with Crippen LogP contribution >= 0.6 is 0 Å². The number of aryl methyl sites for hydroxylation is 1. The van der Waals surface area contributed by atoms with E-state index in [9.17, 15) is 4.79 Å². The first kappa shape index (κ1) is 14.7. The van der Waals surface area contributed by atoms with Crippen LogP contribution in [0, 0.1) is 0 Å². The zero-order valence-corrected chi connectivity index (χ0v) is 13.8. The highest BCUT2D eigenvalue weighted by Gasteiger charge is 2.26. The first-order chi connectivity index (χ1) is 11.6. The molecule has 0 radical (unpaired) electrons. The maximum atomic E-state index is 12.6. The van der Waals surface area contributed by atoms with Crippen molar-refractivity contribution in [3.63, 3.8) is 0 Å². The number of hydrogen-bond acceptors (Lipinski definition) is 3. The molecule has 3 aromatic heterocycles. The Labute approximate surface area is 139 Å². The summed E-state index contributed by atoms with van der Waals surface area (Å²) in [6, 6.07) is 7.77. The van der Waals surface area contributed by atoms with Crippen LogP contribution in [0.25, 0.3) is 11.4 Å². The lowest BCUT2D eigenvalue weighted by atomic mass is 10.2. The molecule has 0 atom stereocenters. The van der Waals surface area contributed by atoms with Gasteiger partial charge in [-0.1, -0.05) is 0 Å². The molecular weight excluding hydrogens is 304 g/mol. The SMILES string of the molecule is CN(Cc1cc(C2CC2)n[nH]1)C(=O)c1cc(-c2cccn2C)n[nH]1. The number of aromatic amines is 2. The van der Waals surface area contributed by atoms with Crippen LogP contribution in [0.2, 0.25) is 0 Å². The van der Waals surface area contributed by atoms with Gasteiger partial charge in [-0.2, -0.15) is 10.2 Å². The van der Waals surface area contributed by atoms with Gasteiger partial charge in [0.1, 0.15) is 11.4 Å². The highest BCUT2D eigenvalue weighted by Crippen LogP contribution is 2.39. The van der Waals surface area contributed by atoms with Crippen LogP contribution in [0.4, 0.5) is 0 Å². The average molecular weight is 324 g/mol. The maximum absolute atomic E-state index is 12.6. The summed E-state index contributed by atoms with van der Waals surface area (Å²) >= 11 is 0. The van der Waals surface area contributed by atoms with Crippen molar-refractivity contribution in [1.29, 1.82) is 0 Å². The molecule has 7 heteroatoms. The van der Waals surface area contributed by atoms with E-state index < -0.39 is 0 Å². The van der Waals surface area contributed by atoms with E-state index in [1.165, 1.54) is 12.8 Å². The van der Waals surface area contributed by atoms with E-state index in [2.05, 4.69) is 26.5 Å². The van der Waals surface area contributed by atoms with Crippen LogP contribution in [0.15, 0.2) is 30.5 Å². The molecule has 124 valence electrons. The van der Waals surface area contributed by atoms with Crippen LogP contribution in [-0.4, -0.2) is 42.8 Å². The minimum atomic E-state index is -0.0921. The van der Waals surface area contributed by atoms with Gasteiger partial charge in [0, 0.05) is 26.2 Å². The van der Waals surface area contributed by atoms with E-state index in [1.807, 2.05) is 29.9 Å². The van der Waals surface area contributed by atoms with E-state index in [-0.39, 0.29) is 5.91 Å². The molecular formula is C17H20N6O. The number of nitrogens with one attached hydrogen (secondary N) is 2. The summed E-state index contributed by atoms with van der Waals surface area (Å²) in [5.74, 6) is 0.516. The molecule has 1 fully saturated rings. The topological polar surface area (TPSA) is 82.6 Å². The fraction of sp³-hybridized carbons (Fsp3) is 0.353. The molecule has 1 aliphatic rings. The molecule has 0 aliphatic heterocycles. The van der Waals surface area contributed by atoms with Crippen molar-refractivity contribution in [3.05, 3.63) is 47.5 Å². The van der Waals surface area contributed by atoms with Crippen LogP contribution in [0.1, 0.15) is 40.6 Å². The van der Waals surface area contributed by atoms with E-state index in [0.29, 0.717) is 18.2 Å². The van der Waals surface area contributed by atoms with Crippen molar-refractivity contribution in [2.24, 2.45) is 7.05 Å². The summed E-state index contributed by atoms with van der Waals surface area (Å²) < 4.78 is 1.97. The molecule has 1 amide bonds. The number of rotatable bonds is 5. The quantitative estimate of drug-likeness (QED) is 0.755. The Morgan fingerprint density at radius 2 is 2.17 bits per heavy atom. The van der Waals surface area contributed by atoms with Crippen molar-refractivity contribution >= 4 is 5.91 Å². The molecule has 0 bridgehead atoms. The summed E-state index contributed by atoms with van der Waals surface area (Å²) in [6.07, 6.45) is 4.39. The third-order valence-corrected chi connectivity index (χ3v) is 4.42. The lowest BCUT2D eigenvalue weighted by Gasteiger charge is -2.14. The van der Waals surface area contributed by atoms with Crippen molar-refractivity contribution < 1.29 is 4.79 Å². The van der Waals surface area contributed by atoms with Gasteiger partial charge in [0.2, 0.25) is 0 Å². The summed E-state index contributed by atoms with van der Waals surface area (Å²) in [5, 5.41) is 14.4. The zero-order valence-electron chi connectivity index (χ0n) is 13.8. The highest BCUT2D eigenvalue weighted by atomic mass is 16.2. The fourth-order valence-corrected chi connectivity index (χ4v) is 2.87. The second-order valence-corrected chi connectivity index (χ2v) is 6.42. The Morgan fingerprint density at radius 3 is 2.88 bits per heavy atom. The van der Waals surface area contributed by atoms with Gasteiger partial charge >= 0.3 is 0 Å². The molecule has 24 heavy (non-hydrogen) atoms. The van der Waals surface area contributed by atoms with Gasteiger partial charge in [0.25, 0.3) is 5.91 Å². The van der Waals surface area contributed by atoms with Crippen molar-refractivity contribution in [2.45, 2.75) is 25.3 Å². The summed E-state index contributed by atoms with van der Waals surface area (Å²) in [6.45, 7) is 0.497. The molecule has 3 aromatic rings. The Hall–Kier alpha value is -2.83. The molecule has 0 unspecified atom stereocenters. The summed E-state index contributed by atoms with van der Waals surface area (Å²) in [5.41, 5.74) is 4.27. The predicted molar refractivity (Wildman–Crippen MR) is 89.4 cm³/mol. The lowest BCUT2D eigenvalue weighted by molar-refractivity contribution is 0.0777. The van der Waals surface area contributed by atoms with Crippen molar-refractivity contribution in [2.75, 3.05) is 7.05 Å². The largest absolute Gasteiger partial charge is 0.349 e. The van der Waals surface area contributed by atoms with Gasteiger partial charge in [-0.3, -0.25) is 15.0 Å². The smallest absolute Gasteiger partial charge is 0.271 e. The minimum Gasteiger partial charge on any atom is -0.349 e. The molecule has 1 saturated carbocycles. The van der Waals surface area contributed by atoms with Gasteiger partial charge in [-0.15, -0.1) is 0 Å². The normalized spacial score (nSPS) is 14.1. The number of carbonyl (C=O) groups is 1. The Balaban J connectivity index is 1.46. The Bertz CT molecular complexity index is 869. The summed E-state index contributed by atoms with van der Waals surface area (Å²) in [7, 11) is 3.73. The number of amides is 1. The lowest BCUT2D eigenvalue weighted by Crippen LogP contribution is -2.26. The molecule has 0 saturated heterocycles. The van der Waals surface area contributed by atoms with E-state index in [0.717, 1.165) is 22.8 Å². The van der Waals surface area contributed by atoms with Crippen LogP contribution in [0.5, 0.6) is 0 Å². The number of hydrogen-bond donors (Lipinski definition) is 2. The van der Waals surface area contributed by atoms with Gasteiger partial charge in [-0.25, -0.2) is 0 Å². The zero-order chi connectivity index (χ0) is 16.7. The third kappa shape index (κ3) is 2.73. The van der Waals surface area contributed by atoms with Gasteiger partial charge in [0.05, 0.1) is 23.6 Å². The van der Waals surface area contributed by atoms with Crippen molar-refractivity contribution in [3.8, 4) is 11.4 Å². The monoisotopic (exact) mass is 324 g/mol. The third-order valence-electron chi connectivity index (χ3n) is 4.42. The van der Waals surface area contributed by atoms with E-state index >= 15 is 0 Å². The van der Waals surface area contributed by atoms with Crippen molar-refractivity contribution in [1.82, 2.24) is 29.9 Å². The first-order valence-electron chi connectivity index (χ1n) is 8.08. The second-order valence-electron chi connectivity index (χ2n) is 6.42. The number of nitrogens with zero attached hydrogens (tertiary/aromatic N) is 4. The van der Waals surface area contributed by atoms with Gasteiger partial charge in [-0.05, 0) is 37.1 Å². The molecule has 4 rings (SSSR count). The predicted octanol–water partition coefficient (Wildman–Crippen LogP) is 2.29. The highest BCUT2D eigenvalue weighted by molar-refractivity contribution is 5.93. The van der Waals surface area contributed by atoms with Crippen LogP contribution < -0.4 is 0 Å². The molecule has 7 nitrogen and oxygen atoms in total. The Kier molecular flexibility index (Phi) is 3.48. The first-order valence-corrected chi connectivity index (χ1v) is 8.08. The molecule has 2 N–H and O–H groups in total. The van der Waals surface area contributed by atoms with Crippen LogP contribution in [0.3, 0.4) is 0 Å². The fourth-order valence-electron chi connectivity index (χ4n) is 2.87. The minimum absolute atomic E-state index is 0.0921. The number of carbonyl (C=O) groups excluding carboxylic acids is 1. The second kappa shape index (κ2) is 5.67. The Morgan fingerprint density at radius 1 is 1.33 bits per heavy atom. The number of H-pyrrole nitrogens is 2. The molecule has 0 aromatic carbocycles. The average Bonchev–Trinajstić information content (AvgIpc) is 2.98. The molecule has 3 heterocycles. The number of aromatic nitrogens is 5. The molecule has 1 aliphatic carbocycles. The maximum Gasteiger partial charge on any atom is 0.271 e. The summed E-state index contributed by atoms with van der Waals surface area (Å²) in [4.78, 5) is 14.2.